The van der Waals surface area contributed by atoms with Gasteiger partial charge in [0.05, 0.1) is 0 Å². The normalized spacial score (nSPS) is 17.2. The Labute approximate surface area is 186 Å². The van der Waals surface area contributed by atoms with Crippen molar-refractivity contribution >= 4 is 29.0 Å². The molecule has 1 atom stereocenters. The van der Waals surface area contributed by atoms with Crippen molar-refractivity contribution in [3.63, 3.8) is 0 Å². The third kappa shape index (κ3) is 4.44. The number of rotatable bonds is 5. The Kier molecular flexibility index (Phi) is 5.49. The van der Waals surface area contributed by atoms with Gasteiger partial charge in [0.2, 0.25) is 12.1 Å². The van der Waals surface area contributed by atoms with Gasteiger partial charge in [-0.2, -0.15) is 4.98 Å². The van der Waals surface area contributed by atoms with E-state index in [9.17, 15) is 4.79 Å². The summed E-state index contributed by atoms with van der Waals surface area (Å²) in [6, 6.07) is 16.8. The Bertz CT molecular complexity index is 1110. The molecule has 3 heterocycles. The number of anilines is 4. The van der Waals surface area contributed by atoms with Crippen LogP contribution in [-0.4, -0.2) is 41.7 Å². The summed E-state index contributed by atoms with van der Waals surface area (Å²) in [4.78, 5) is 24.1. The molecule has 1 aromatic heterocycles. The first kappa shape index (κ1) is 20.1. The lowest BCUT2D eigenvalue weighted by Crippen LogP contribution is -2.40. The lowest BCUT2D eigenvalue weighted by molar-refractivity contribution is -0.125. The minimum absolute atomic E-state index is 0.173. The summed E-state index contributed by atoms with van der Waals surface area (Å²) in [6.07, 6.45) is 1.69. The molecule has 0 radical (unpaired) electrons. The zero-order valence-corrected chi connectivity index (χ0v) is 17.9. The van der Waals surface area contributed by atoms with E-state index in [0.717, 1.165) is 30.3 Å². The second-order valence-corrected chi connectivity index (χ2v) is 7.94. The van der Waals surface area contributed by atoms with Gasteiger partial charge in [0.15, 0.2) is 11.5 Å². The van der Waals surface area contributed by atoms with Crippen LogP contribution in [0.5, 0.6) is 11.5 Å². The van der Waals surface area contributed by atoms with Crippen molar-refractivity contribution in [3.05, 3.63) is 60.3 Å². The van der Waals surface area contributed by atoms with Crippen molar-refractivity contribution in [2.75, 3.05) is 35.2 Å². The average Bonchev–Trinajstić information content (AvgIpc) is 3.35. The molecule has 5 rings (SSSR count). The summed E-state index contributed by atoms with van der Waals surface area (Å²) < 4.78 is 11.4. The fraction of sp³-hybridized carbons (Fsp3) is 0.292. The van der Waals surface area contributed by atoms with E-state index in [1.807, 2.05) is 55.5 Å². The standard InChI is InChI=1S/C24H25N5O3/c1-16-14-22(29-12-4-5-13-29)28-24(25-16)27-18-10-8-17(9-11-18)26-23(30)21-15-31-19-6-2-3-7-20(19)32-21/h2-3,6-11,14,21H,4-5,12-13,15H2,1H3,(H,26,30)(H,25,27,28)/t21-/m0/s1. The first-order chi connectivity index (χ1) is 15.6. The van der Waals surface area contributed by atoms with E-state index in [4.69, 9.17) is 9.47 Å². The van der Waals surface area contributed by atoms with Gasteiger partial charge in [-0.3, -0.25) is 4.79 Å². The molecule has 8 nitrogen and oxygen atoms in total. The molecule has 1 amide bonds. The molecule has 164 valence electrons. The summed E-state index contributed by atoms with van der Waals surface area (Å²) in [5, 5.41) is 6.14. The fourth-order valence-corrected chi connectivity index (χ4v) is 3.85. The first-order valence-electron chi connectivity index (χ1n) is 10.8. The van der Waals surface area contributed by atoms with Gasteiger partial charge in [0.1, 0.15) is 12.4 Å². The number of fused-ring (bicyclic) bond motifs is 1. The quantitative estimate of drug-likeness (QED) is 0.633. The van der Waals surface area contributed by atoms with E-state index in [2.05, 4.69) is 25.5 Å². The van der Waals surface area contributed by atoms with Crippen molar-refractivity contribution in [1.82, 2.24) is 9.97 Å². The van der Waals surface area contributed by atoms with Crippen molar-refractivity contribution in [2.45, 2.75) is 25.9 Å². The van der Waals surface area contributed by atoms with E-state index in [0.29, 0.717) is 23.1 Å². The van der Waals surface area contributed by atoms with Gasteiger partial charge in [0, 0.05) is 36.2 Å². The lowest BCUT2D eigenvalue weighted by atomic mass is 10.2. The number of hydrogen-bond donors (Lipinski definition) is 2. The smallest absolute Gasteiger partial charge is 0.269 e. The molecule has 0 bridgehead atoms. The van der Waals surface area contributed by atoms with Gasteiger partial charge in [-0.15, -0.1) is 0 Å². The Morgan fingerprint density at radius 2 is 1.72 bits per heavy atom. The van der Waals surface area contributed by atoms with Crippen molar-refractivity contribution in [3.8, 4) is 11.5 Å². The third-order valence-electron chi connectivity index (χ3n) is 5.48. The predicted molar refractivity (Wildman–Crippen MR) is 123 cm³/mol. The van der Waals surface area contributed by atoms with Crippen LogP contribution in [-0.2, 0) is 4.79 Å². The third-order valence-corrected chi connectivity index (χ3v) is 5.48. The highest BCUT2D eigenvalue weighted by molar-refractivity contribution is 5.94. The van der Waals surface area contributed by atoms with Gasteiger partial charge in [0.25, 0.3) is 5.91 Å². The van der Waals surface area contributed by atoms with Gasteiger partial charge >= 0.3 is 0 Å². The van der Waals surface area contributed by atoms with Gasteiger partial charge in [-0.05, 0) is 56.2 Å². The summed E-state index contributed by atoms with van der Waals surface area (Å²) in [7, 11) is 0. The summed E-state index contributed by atoms with van der Waals surface area (Å²) in [6.45, 7) is 4.21. The highest BCUT2D eigenvalue weighted by Crippen LogP contribution is 2.31. The van der Waals surface area contributed by atoms with Crippen LogP contribution in [0.1, 0.15) is 18.5 Å². The maximum Gasteiger partial charge on any atom is 0.269 e. The van der Waals surface area contributed by atoms with Crippen LogP contribution in [0.25, 0.3) is 0 Å². The van der Waals surface area contributed by atoms with Crippen molar-refractivity contribution < 1.29 is 14.3 Å². The van der Waals surface area contributed by atoms with Crippen LogP contribution in [0.4, 0.5) is 23.1 Å². The largest absolute Gasteiger partial charge is 0.485 e. The second-order valence-electron chi connectivity index (χ2n) is 7.94. The number of aromatic nitrogens is 2. The molecule has 0 saturated carbocycles. The summed E-state index contributed by atoms with van der Waals surface area (Å²) >= 11 is 0. The number of hydrogen-bond acceptors (Lipinski definition) is 7. The molecular weight excluding hydrogens is 406 g/mol. The molecule has 8 heteroatoms. The van der Waals surface area contributed by atoms with Crippen molar-refractivity contribution in [1.29, 1.82) is 0 Å². The zero-order valence-electron chi connectivity index (χ0n) is 17.9. The van der Waals surface area contributed by atoms with Crippen LogP contribution in [0.3, 0.4) is 0 Å². The molecule has 1 fully saturated rings. The van der Waals surface area contributed by atoms with E-state index < -0.39 is 6.10 Å². The van der Waals surface area contributed by atoms with Gasteiger partial charge < -0.3 is 25.0 Å². The molecular formula is C24H25N5O3. The van der Waals surface area contributed by atoms with E-state index in [1.54, 1.807) is 6.07 Å². The molecule has 2 aliphatic rings. The van der Waals surface area contributed by atoms with Crippen LogP contribution >= 0.6 is 0 Å². The Hall–Kier alpha value is -3.81. The number of carbonyl (C=O) groups is 1. The van der Waals surface area contributed by atoms with Crippen LogP contribution in [0.15, 0.2) is 54.6 Å². The van der Waals surface area contributed by atoms with Crippen LogP contribution < -0.4 is 25.0 Å². The zero-order chi connectivity index (χ0) is 21.9. The SMILES string of the molecule is Cc1cc(N2CCCC2)nc(Nc2ccc(NC(=O)[C@@H]3COc4ccccc4O3)cc2)n1. The number of nitrogens with one attached hydrogen (secondary N) is 2. The summed E-state index contributed by atoms with van der Waals surface area (Å²) in [5.74, 6) is 2.49. The first-order valence-corrected chi connectivity index (χ1v) is 10.8. The molecule has 32 heavy (non-hydrogen) atoms. The molecule has 2 aromatic carbocycles. The topological polar surface area (TPSA) is 88.6 Å². The molecule has 2 N–H and O–H groups in total. The molecule has 1 saturated heterocycles. The lowest BCUT2D eigenvalue weighted by Gasteiger charge is -2.25. The van der Waals surface area contributed by atoms with Gasteiger partial charge in [-0.1, -0.05) is 12.1 Å². The maximum atomic E-state index is 12.6. The maximum absolute atomic E-state index is 12.6. The number of nitrogens with zero attached hydrogens (tertiary/aromatic N) is 3. The Balaban J connectivity index is 1.22. The van der Waals surface area contributed by atoms with E-state index in [-0.39, 0.29) is 12.5 Å². The van der Waals surface area contributed by atoms with Crippen LogP contribution in [0.2, 0.25) is 0 Å². The second kappa shape index (κ2) is 8.74. The monoisotopic (exact) mass is 431 g/mol. The number of benzene rings is 2. The molecule has 3 aromatic rings. The molecule has 0 aliphatic carbocycles. The Morgan fingerprint density at radius 1 is 1.00 bits per heavy atom. The van der Waals surface area contributed by atoms with E-state index >= 15 is 0 Å². The number of carbonyl (C=O) groups excluding carboxylic acids is 1. The number of para-hydroxylation sites is 2. The minimum atomic E-state index is -0.701. The highest BCUT2D eigenvalue weighted by Gasteiger charge is 2.27. The highest BCUT2D eigenvalue weighted by atomic mass is 16.6. The molecule has 0 unspecified atom stereocenters. The number of ether oxygens (including phenoxy) is 2. The molecule has 0 spiro atoms. The van der Waals surface area contributed by atoms with Crippen molar-refractivity contribution in [2.24, 2.45) is 0 Å². The summed E-state index contributed by atoms with van der Waals surface area (Å²) in [5.41, 5.74) is 2.43. The predicted octanol–water partition coefficient (Wildman–Crippen LogP) is 3.91. The van der Waals surface area contributed by atoms with Crippen LogP contribution in [0, 0.1) is 6.92 Å². The number of amides is 1. The molecule has 2 aliphatic heterocycles. The fourth-order valence-electron chi connectivity index (χ4n) is 3.85. The minimum Gasteiger partial charge on any atom is -0.485 e. The average molecular weight is 431 g/mol. The number of aryl methyl sites for hydroxylation is 1. The Morgan fingerprint density at radius 3 is 2.50 bits per heavy atom. The van der Waals surface area contributed by atoms with Gasteiger partial charge in [-0.25, -0.2) is 4.98 Å². The van der Waals surface area contributed by atoms with E-state index in [1.165, 1.54) is 12.8 Å².